The summed E-state index contributed by atoms with van der Waals surface area (Å²) in [6.45, 7) is 11.2. The van der Waals surface area contributed by atoms with Crippen LogP contribution in [0.4, 0.5) is 0 Å². The molecule has 0 aliphatic rings. The molecule has 10 heteroatoms. The van der Waals surface area contributed by atoms with Gasteiger partial charge in [-0.05, 0) is 76.9 Å². The van der Waals surface area contributed by atoms with E-state index in [0.29, 0.717) is 20.1 Å². The zero-order chi connectivity index (χ0) is 24.4. The summed E-state index contributed by atoms with van der Waals surface area (Å²) in [5.74, 6) is 0. The second-order valence-corrected chi connectivity index (χ2v) is 14.9. The third-order valence-corrected chi connectivity index (χ3v) is 9.16. The Balaban J connectivity index is 2.67. The number of rotatable bonds is 7. The molecule has 4 atom stereocenters. The van der Waals surface area contributed by atoms with Gasteiger partial charge in [-0.25, -0.2) is 17.9 Å². The van der Waals surface area contributed by atoms with Gasteiger partial charge < -0.3 is 0 Å². The van der Waals surface area contributed by atoms with E-state index < -0.39 is 43.5 Å². The zero-order valence-corrected chi connectivity index (χ0v) is 23.4. The lowest BCUT2D eigenvalue weighted by Gasteiger charge is -2.33. The molecular weight excluding hydrogens is 530 g/mol. The van der Waals surface area contributed by atoms with Crippen LogP contribution < -0.4 is 9.44 Å². The van der Waals surface area contributed by atoms with E-state index in [4.69, 9.17) is 46.4 Å². The molecule has 0 saturated heterocycles. The van der Waals surface area contributed by atoms with Gasteiger partial charge in [0.15, 0.2) is 0 Å². The Kier molecular flexibility index (Phi) is 9.68. The van der Waals surface area contributed by atoms with E-state index in [9.17, 15) is 8.42 Å². The quantitative estimate of drug-likeness (QED) is 0.378. The summed E-state index contributed by atoms with van der Waals surface area (Å²) in [6, 6.07) is 9.25. The third kappa shape index (κ3) is 7.41. The monoisotopic (exact) mass is 556 g/mol. The van der Waals surface area contributed by atoms with Crippen LogP contribution in [0.2, 0.25) is 20.1 Å². The van der Waals surface area contributed by atoms with Crippen molar-refractivity contribution in [1.82, 2.24) is 9.44 Å². The molecule has 0 fully saturated rings. The van der Waals surface area contributed by atoms with Crippen LogP contribution in [0.5, 0.6) is 0 Å². The Labute approximate surface area is 215 Å². The van der Waals surface area contributed by atoms with Crippen LogP contribution in [0.1, 0.15) is 64.8 Å². The van der Waals surface area contributed by atoms with Crippen molar-refractivity contribution in [2.45, 2.75) is 63.1 Å². The molecular formula is C22H28Cl4N2O2S2. The third-order valence-electron chi connectivity index (χ3n) is 4.52. The van der Waals surface area contributed by atoms with Crippen molar-refractivity contribution in [2.24, 2.45) is 0 Å². The molecule has 0 saturated carbocycles. The summed E-state index contributed by atoms with van der Waals surface area (Å²) in [5.41, 5.74) is 1.46. The van der Waals surface area contributed by atoms with Crippen LogP contribution in [0, 0.1) is 0 Å². The van der Waals surface area contributed by atoms with Gasteiger partial charge in [-0.3, -0.25) is 0 Å². The Morgan fingerprint density at radius 1 is 0.625 bits per heavy atom. The molecule has 2 aromatic carbocycles. The molecule has 0 bridgehead atoms. The molecule has 0 heterocycles. The lowest BCUT2D eigenvalue weighted by Crippen LogP contribution is -2.44. The van der Waals surface area contributed by atoms with E-state index >= 15 is 0 Å². The van der Waals surface area contributed by atoms with Gasteiger partial charge in [-0.2, -0.15) is 0 Å². The van der Waals surface area contributed by atoms with Crippen molar-refractivity contribution in [3.05, 3.63) is 67.6 Å². The van der Waals surface area contributed by atoms with Crippen molar-refractivity contribution in [1.29, 1.82) is 0 Å². The van der Waals surface area contributed by atoms with E-state index in [1.54, 1.807) is 36.4 Å². The highest BCUT2D eigenvalue weighted by molar-refractivity contribution is 7.84. The van der Waals surface area contributed by atoms with Crippen LogP contribution >= 0.6 is 46.4 Å². The van der Waals surface area contributed by atoms with Crippen molar-refractivity contribution >= 4 is 68.4 Å². The normalized spacial score (nSPS) is 16.4. The van der Waals surface area contributed by atoms with Gasteiger partial charge in [0, 0.05) is 0 Å². The maximum Gasteiger partial charge on any atom is 0.0976 e. The van der Waals surface area contributed by atoms with Crippen LogP contribution in [0.3, 0.4) is 0 Å². The minimum atomic E-state index is -1.44. The summed E-state index contributed by atoms with van der Waals surface area (Å²) >= 11 is 24.9. The first kappa shape index (κ1) is 28.1. The van der Waals surface area contributed by atoms with E-state index in [0.717, 1.165) is 11.1 Å². The predicted octanol–water partition coefficient (Wildman–Crippen LogP) is 7.19. The second-order valence-electron chi connectivity index (χ2n) is 9.30. The summed E-state index contributed by atoms with van der Waals surface area (Å²) in [4.78, 5) is 0. The van der Waals surface area contributed by atoms with E-state index in [-0.39, 0.29) is 0 Å². The highest BCUT2D eigenvalue weighted by Crippen LogP contribution is 2.36. The van der Waals surface area contributed by atoms with Gasteiger partial charge in [0.05, 0.1) is 63.6 Å². The fourth-order valence-electron chi connectivity index (χ4n) is 2.65. The fraction of sp³-hybridized carbons (Fsp3) is 0.455. The van der Waals surface area contributed by atoms with E-state index in [1.165, 1.54) is 0 Å². The van der Waals surface area contributed by atoms with Crippen molar-refractivity contribution in [3.63, 3.8) is 0 Å². The number of halogens is 4. The van der Waals surface area contributed by atoms with Gasteiger partial charge in [-0.15, -0.1) is 0 Å². The number of nitrogens with one attached hydrogen (secondary N) is 2. The van der Waals surface area contributed by atoms with Gasteiger partial charge >= 0.3 is 0 Å². The molecule has 4 nitrogen and oxygen atoms in total. The SMILES string of the molecule is CC(C)(C)S(=O)N[C@@H](c1ccc(Cl)c(Cl)c1)[C@@H](NS(=O)C(C)(C)C)c1ccc(Cl)c(Cl)c1. The van der Waals surface area contributed by atoms with Crippen LogP contribution in [-0.4, -0.2) is 17.9 Å². The average molecular weight is 558 g/mol. The molecule has 0 amide bonds. The lowest BCUT2D eigenvalue weighted by molar-refractivity contribution is 0.485. The molecule has 0 aliphatic carbocycles. The highest BCUT2D eigenvalue weighted by atomic mass is 35.5. The molecule has 0 aromatic heterocycles. The number of benzene rings is 2. The number of hydrogen-bond acceptors (Lipinski definition) is 2. The van der Waals surface area contributed by atoms with Gasteiger partial charge in [-0.1, -0.05) is 58.5 Å². The first-order chi connectivity index (χ1) is 14.6. The smallest absolute Gasteiger partial charge is 0.0976 e. The zero-order valence-electron chi connectivity index (χ0n) is 18.8. The molecule has 0 radical (unpaired) electrons. The molecule has 2 unspecified atom stereocenters. The maximum atomic E-state index is 13.1. The van der Waals surface area contributed by atoms with Crippen LogP contribution in [0.15, 0.2) is 36.4 Å². The topological polar surface area (TPSA) is 58.2 Å². The summed E-state index contributed by atoms with van der Waals surface area (Å²) in [6.07, 6.45) is 0. The molecule has 178 valence electrons. The Morgan fingerprint density at radius 2 is 0.938 bits per heavy atom. The predicted molar refractivity (Wildman–Crippen MR) is 140 cm³/mol. The lowest BCUT2D eigenvalue weighted by atomic mass is 9.95. The summed E-state index contributed by atoms with van der Waals surface area (Å²) < 4.78 is 31.6. The van der Waals surface area contributed by atoms with Crippen LogP contribution in [-0.2, 0) is 22.0 Å². The first-order valence-corrected chi connectivity index (χ1v) is 13.7. The molecule has 2 rings (SSSR count). The largest absolute Gasteiger partial charge is 0.242 e. The van der Waals surface area contributed by atoms with E-state index in [2.05, 4.69) is 9.44 Å². The van der Waals surface area contributed by atoms with Gasteiger partial charge in [0.2, 0.25) is 0 Å². The van der Waals surface area contributed by atoms with E-state index in [1.807, 2.05) is 41.5 Å². The molecule has 2 aromatic rings. The Bertz CT molecular complexity index is 938. The standard InChI is InChI=1S/C22H28Cl4N2O2S2/c1-21(2,3)31(29)27-19(13-7-9-15(23)17(25)11-13)20(28-32(30)22(4,5)6)14-8-10-16(24)18(26)12-14/h7-12,19-20,27-28H,1-6H3/t19-,20-,31?,32?/m0/s1. The van der Waals surface area contributed by atoms with Gasteiger partial charge in [0.25, 0.3) is 0 Å². The second kappa shape index (κ2) is 11.0. The van der Waals surface area contributed by atoms with Crippen molar-refractivity contribution < 1.29 is 8.42 Å². The molecule has 0 aliphatic heterocycles. The first-order valence-electron chi connectivity index (χ1n) is 9.87. The molecule has 32 heavy (non-hydrogen) atoms. The fourth-order valence-corrected chi connectivity index (χ4v) is 4.98. The van der Waals surface area contributed by atoms with Crippen molar-refractivity contribution in [3.8, 4) is 0 Å². The summed E-state index contributed by atoms with van der Waals surface area (Å²) in [7, 11) is -2.89. The summed E-state index contributed by atoms with van der Waals surface area (Å²) in [5, 5.41) is 1.54. The molecule has 0 spiro atoms. The Morgan fingerprint density at radius 3 is 1.19 bits per heavy atom. The maximum absolute atomic E-state index is 13.1. The van der Waals surface area contributed by atoms with Crippen LogP contribution in [0.25, 0.3) is 0 Å². The van der Waals surface area contributed by atoms with Crippen molar-refractivity contribution in [2.75, 3.05) is 0 Å². The van der Waals surface area contributed by atoms with Gasteiger partial charge in [0.1, 0.15) is 0 Å². The highest BCUT2D eigenvalue weighted by Gasteiger charge is 2.34. The average Bonchev–Trinajstić information content (AvgIpc) is 2.67. The minimum absolute atomic E-state index is 0.363. The number of hydrogen-bond donors (Lipinski definition) is 2. The minimum Gasteiger partial charge on any atom is -0.242 e. The molecule has 2 N–H and O–H groups in total. The Hall–Kier alpha value is -0.180.